The van der Waals surface area contributed by atoms with Crippen LogP contribution in [0, 0.1) is 0 Å². The van der Waals surface area contributed by atoms with Crippen LogP contribution in [0.15, 0.2) is 23.3 Å². The summed E-state index contributed by atoms with van der Waals surface area (Å²) in [6.45, 7) is 6.50. The Kier molecular flexibility index (Phi) is 7.15. The highest BCUT2D eigenvalue weighted by molar-refractivity contribution is 7.16. The molecule has 2 aromatic rings. The molecular weight excluding hydrogens is 336 g/mol. The van der Waals surface area contributed by atoms with Crippen molar-refractivity contribution in [2.75, 3.05) is 13.1 Å². The zero-order chi connectivity index (χ0) is 15.8. The van der Waals surface area contributed by atoms with Crippen LogP contribution in [0.5, 0.6) is 0 Å². The fraction of sp³-hybridized carbons (Fsp3) is 0.467. The van der Waals surface area contributed by atoms with E-state index < -0.39 is 0 Å². The van der Waals surface area contributed by atoms with Crippen LogP contribution in [0.1, 0.15) is 28.6 Å². The van der Waals surface area contributed by atoms with Crippen LogP contribution in [0.2, 0.25) is 4.34 Å². The zero-order valence-corrected chi connectivity index (χ0v) is 15.2. The summed E-state index contributed by atoms with van der Waals surface area (Å²) in [4.78, 5) is 11.6. The maximum absolute atomic E-state index is 5.94. The third-order valence-corrected chi connectivity index (χ3v) is 5.38. The van der Waals surface area contributed by atoms with Gasteiger partial charge in [-0.15, -0.1) is 22.7 Å². The van der Waals surface area contributed by atoms with Gasteiger partial charge in [-0.3, -0.25) is 0 Å². The first-order valence-electron chi connectivity index (χ1n) is 7.41. The molecule has 0 saturated carbocycles. The Morgan fingerprint density at radius 1 is 1.23 bits per heavy atom. The summed E-state index contributed by atoms with van der Waals surface area (Å²) in [6.07, 6.45) is 3.92. The topological polar surface area (TPSA) is 49.3 Å². The molecular formula is C15H21ClN4S2. The number of guanidine groups is 1. The van der Waals surface area contributed by atoms with Crippen LogP contribution in [0.3, 0.4) is 0 Å². The third-order valence-electron chi connectivity index (χ3n) is 2.96. The van der Waals surface area contributed by atoms with Crippen LogP contribution in [-0.2, 0) is 19.4 Å². The van der Waals surface area contributed by atoms with E-state index in [2.05, 4.69) is 40.5 Å². The quantitative estimate of drug-likeness (QED) is 0.587. The molecule has 0 aliphatic heterocycles. The SMILES string of the molecule is CCNC(=NCc1ncc(CC)s1)NCCc1ccc(Cl)s1. The number of nitrogens with zero attached hydrogens (tertiary/aromatic N) is 2. The Labute approximate surface area is 144 Å². The van der Waals surface area contributed by atoms with Crippen molar-refractivity contribution in [3.05, 3.63) is 37.4 Å². The molecule has 0 amide bonds. The number of nitrogens with one attached hydrogen (secondary N) is 2. The summed E-state index contributed by atoms with van der Waals surface area (Å²) in [5.74, 6) is 0.832. The van der Waals surface area contributed by atoms with Crippen molar-refractivity contribution in [3.8, 4) is 0 Å². The summed E-state index contributed by atoms with van der Waals surface area (Å²) in [7, 11) is 0. The van der Waals surface area contributed by atoms with Gasteiger partial charge in [-0.25, -0.2) is 9.98 Å². The highest BCUT2D eigenvalue weighted by Crippen LogP contribution is 2.21. The summed E-state index contributed by atoms with van der Waals surface area (Å²) in [5.41, 5.74) is 0. The predicted octanol–water partition coefficient (Wildman–Crippen LogP) is 3.72. The maximum atomic E-state index is 5.94. The van der Waals surface area contributed by atoms with Crippen LogP contribution >= 0.6 is 34.3 Å². The molecule has 0 aliphatic rings. The molecule has 0 spiro atoms. The number of aliphatic imine (C=N–C) groups is 1. The molecule has 0 unspecified atom stereocenters. The number of aryl methyl sites for hydroxylation is 1. The molecule has 0 saturated heterocycles. The second-order valence-corrected chi connectivity index (χ2v) is 7.65. The number of hydrogen-bond donors (Lipinski definition) is 2. The second-order valence-electron chi connectivity index (χ2n) is 4.65. The number of thiophene rings is 1. The Hall–Kier alpha value is -1.11. The minimum atomic E-state index is 0.616. The maximum Gasteiger partial charge on any atom is 0.191 e. The molecule has 0 aliphatic carbocycles. The lowest BCUT2D eigenvalue weighted by atomic mass is 10.3. The summed E-state index contributed by atoms with van der Waals surface area (Å²) in [5, 5.41) is 7.66. The van der Waals surface area contributed by atoms with Crippen LogP contribution in [-0.4, -0.2) is 24.0 Å². The van der Waals surface area contributed by atoms with Gasteiger partial charge in [0.2, 0.25) is 0 Å². The molecule has 0 aromatic carbocycles. The molecule has 7 heteroatoms. The van der Waals surface area contributed by atoms with Gasteiger partial charge < -0.3 is 10.6 Å². The van der Waals surface area contributed by atoms with Gasteiger partial charge in [0.05, 0.1) is 10.9 Å². The van der Waals surface area contributed by atoms with Crippen LogP contribution in [0.4, 0.5) is 0 Å². The Bertz CT molecular complexity index is 606. The van der Waals surface area contributed by atoms with Crippen molar-refractivity contribution in [1.82, 2.24) is 15.6 Å². The number of aromatic nitrogens is 1. The van der Waals surface area contributed by atoms with E-state index in [1.165, 1.54) is 9.75 Å². The van der Waals surface area contributed by atoms with E-state index in [-0.39, 0.29) is 0 Å². The van der Waals surface area contributed by atoms with Gasteiger partial charge in [-0.1, -0.05) is 18.5 Å². The lowest BCUT2D eigenvalue weighted by Gasteiger charge is -2.10. The summed E-state index contributed by atoms with van der Waals surface area (Å²) >= 11 is 9.29. The highest BCUT2D eigenvalue weighted by Gasteiger charge is 2.02. The molecule has 0 fully saturated rings. The van der Waals surface area contributed by atoms with E-state index in [1.54, 1.807) is 22.7 Å². The molecule has 22 heavy (non-hydrogen) atoms. The van der Waals surface area contributed by atoms with Gasteiger partial charge in [0, 0.05) is 29.0 Å². The molecule has 2 heterocycles. The summed E-state index contributed by atoms with van der Waals surface area (Å²) < 4.78 is 0.839. The van der Waals surface area contributed by atoms with Crippen molar-refractivity contribution >= 4 is 40.2 Å². The third kappa shape index (κ3) is 5.59. The number of halogens is 1. The second kappa shape index (κ2) is 9.12. The molecule has 0 atom stereocenters. The van der Waals surface area contributed by atoms with Gasteiger partial charge in [0.15, 0.2) is 5.96 Å². The highest BCUT2D eigenvalue weighted by atomic mass is 35.5. The number of rotatable bonds is 7. The Balaban J connectivity index is 1.83. The van der Waals surface area contributed by atoms with E-state index >= 15 is 0 Å². The lowest BCUT2D eigenvalue weighted by Crippen LogP contribution is -2.38. The van der Waals surface area contributed by atoms with E-state index in [9.17, 15) is 0 Å². The molecule has 0 radical (unpaired) electrons. The first kappa shape index (κ1) is 17.2. The Morgan fingerprint density at radius 2 is 2.09 bits per heavy atom. The number of hydrogen-bond acceptors (Lipinski definition) is 4. The average Bonchev–Trinajstić information content (AvgIpc) is 3.13. The van der Waals surface area contributed by atoms with Crippen molar-refractivity contribution < 1.29 is 0 Å². The van der Waals surface area contributed by atoms with Gasteiger partial charge in [-0.2, -0.15) is 0 Å². The molecule has 2 aromatic heterocycles. The largest absolute Gasteiger partial charge is 0.357 e. The normalized spacial score (nSPS) is 11.7. The standard InChI is InChI=1S/C15H21ClN4S2/c1-3-11-9-19-14(22-11)10-20-15(17-4-2)18-8-7-12-5-6-13(16)21-12/h5-6,9H,3-4,7-8,10H2,1-2H3,(H2,17,18,20). The van der Waals surface area contributed by atoms with E-state index in [0.29, 0.717) is 6.54 Å². The van der Waals surface area contributed by atoms with E-state index in [1.807, 2.05) is 12.3 Å². The van der Waals surface area contributed by atoms with Crippen molar-refractivity contribution in [2.24, 2.45) is 4.99 Å². The van der Waals surface area contributed by atoms with Crippen LogP contribution < -0.4 is 10.6 Å². The average molecular weight is 357 g/mol. The first-order valence-corrected chi connectivity index (χ1v) is 9.42. The Morgan fingerprint density at radius 3 is 2.73 bits per heavy atom. The smallest absolute Gasteiger partial charge is 0.191 e. The van der Waals surface area contributed by atoms with E-state index in [0.717, 1.165) is 41.2 Å². The van der Waals surface area contributed by atoms with Gasteiger partial charge in [0.1, 0.15) is 5.01 Å². The molecule has 2 N–H and O–H groups in total. The molecule has 120 valence electrons. The van der Waals surface area contributed by atoms with Gasteiger partial charge in [-0.05, 0) is 31.9 Å². The predicted molar refractivity (Wildman–Crippen MR) is 97.3 cm³/mol. The van der Waals surface area contributed by atoms with Crippen molar-refractivity contribution in [3.63, 3.8) is 0 Å². The van der Waals surface area contributed by atoms with Gasteiger partial charge >= 0.3 is 0 Å². The molecule has 4 nitrogen and oxygen atoms in total. The van der Waals surface area contributed by atoms with Crippen LogP contribution in [0.25, 0.3) is 0 Å². The minimum Gasteiger partial charge on any atom is -0.357 e. The number of thiazole rings is 1. The fourth-order valence-corrected chi connectivity index (χ4v) is 3.74. The van der Waals surface area contributed by atoms with Crippen molar-refractivity contribution in [1.29, 1.82) is 0 Å². The molecule has 2 rings (SSSR count). The first-order chi connectivity index (χ1) is 10.7. The summed E-state index contributed by atoms with van der Waals surface area (Å²) in [6, 6.07) is 4.01. The van der Waals surface area contributed by atoms with Crippen molar-refractivity contribution in [2.45, 2.75) is 33.2 Å². The fourth-order valence-electron chi connectivity index (χ4n) is 1.86. The monoisotopic (exact) mass is 356 g/mol. The molecule has 0 bridgehead atoms. The lowest BCUT2D eigenvalue weighted by molar-refractivity contribution is 0.804. The van der Waals surface area contributed by atoms with E-state index in [4.69, 9.17) is 11.6 Å². The van der Waals surface area contributed by atoms with Gasteiger partial charge in [0.25, 0.3) is 0 Å². The minimum absolute atomic E-state index is 0.616. The zero-order valence-electron chi connectivity index (χ0n) is 12.9.